The second kappa shape index (κ2) is 9.80. The van der Waals surface area contributed by atoms with Crippen molar-refractivity contribution in [2.75, 3.05) is 13.7 Å². The number of methoxy groups -OCH3 is 1. The van der Waals surface area contributed by atoms with Gasteiger partial charge in [0.15, 0.2) is 0 Å². The standard InChI is InChI=1S/C25H26N4O2/c1-31-20-13-11-19(12-14-20)17-23(24-27-21-9-5-6-10-22(21)28-24)29-25(30)26-16-15-18-7-3-2-4-8-18/h2-14,23H,15-17H2,1H3,(H,27,28)(H2,26,29,30)/t23-/m1/s1. The van der Waals surface area contributed by atoms with Crippen LogP contribution in [0.2, 0.25) is 0 Å². The van der Waals surface area contributed by atoms with E-state index in [0.717, 1.165) is 34.6 Å². The van der Waals surface area contributed by atoms with E-state index < -0.39 is 0 Å². The average Bonchev–Trinajstić information content (AvgIpc) is 3.24. The average molecular weight is 415 g/mol. The van der Waals surface area contributed by atoms with Gasteiger partial charge < -0.3 is 20.4 Å². The first-order valence-corrected chi connectivity index (χ1v) is 10.4. The summed E-state index contributed by atoms with van der Waals surface area (Å²) in [5.41, 5.74) is 4.10. The molecule has 4 rings (SSSR count). The van der Waals surface area contributed by atoms with Crippen LogP contribution in [0.3, 0.4) is 0 Å². The van der Waals surface area contributed by atoms with Gasteiger partial charge in [-0.05, 0) is 48.2 Å². The Bertz CT molecular complexity index is 1090. The zero-order valence-electron chi connectivity index (χ0n) is 17.5. The molecule has 1 heterocycles. The number of urea groups is 1. The fourth-order valence-corrected chi connectivity index (χ4v) is 3.53. The lowest BCUT2D eigenvalue weighted by atomic mass is 10.1. The van der Waals surface area contributed by atoms with Gasteiger partial charge in [0.25, 0.3) is 0 Å². The zero-order chi connectivity index (χ0) is 21.5. The number of benzene rings is 3. The summed E-state index contributed by atoms with van der Waals surface area (Å²) in [6.45, 7) is 0.561. The predicted molar refractivity (Wildman–Crippen MR) is 122 cm³/mol. The number of imidazole rings is 1. The van der Waals surface area contributed by atoms with Gasteiger partial charge in [-0.3, -0.25) is 0 Å². The summed E-state index contributed by atoms with van der Waals surface area (Å²) >= 11 is 0. The fraction of sp³-hybridized carbons (Fsp3) is 0.200. The lowest BCUT2D eigenvalue weighted by molar-refractivity contribution is 0.236. The van der Waals surface area contributed by atoms with E-state index in [-0.39, 0.29) is 12.1 Å². The van der Waals surface area contributed by atoms with E-state index in [1.165, 1.54) is 5.56 Å². The van der Waals surface area contributed by atoms with E-state index in [1.54, 1.807) is 7.11 Å². The quantitative estimate of drug-likeness (QED) is 0.400. The van der Waals surface area contributed by atoms with Crippen LogP contribution in [0.25, 0.3) is 11.0 Å². The molecule has 0 spiro atoms. The number of amides is 2. The third-order valence-electron chi connectivity index (χ3n) is 5.18. The number of fused-ring (bicyclic) bond motifs is 1. The predicted octanol–water partition coefficient (Wildman–Crippen LogP) is 4.40. The number of carbonyl (C=O) groups is 1. The molecule has 0 aliphatic heterocycles. The van der Waals surface area contributed by atoms with Crippen molar-refractivity contribution in [1.82, 2.24) is 20.6 Å². The molecule has 0 saturated heterocycles. The second-order valence-electron chi connectivity index (χ2n) is 7.38. The summed E-state index contributed by atoms with van der Waals surface area (Å²) in [6, 6.07) is 25.3. The molecule has 6 heteroatoms. The summed E-state index contributed by atoms with van der Waals surface area (Å²) in [6.07, 6.45) is 1.39. The number of rotatable bonds is 8. The number of hydrogen-bond acceptors (Lipinski definition) is 3. The molecule has 3 N–H and O–H groups in total. The van der Waals surface area contributed by atoms with Crippen molar-refractivity contribution in [2.24, 2.45) is 0 Å². The highest BCUT2D eigenvalue weighted by atomic mass is 16.5. The molecule has 158 valence electrons. The van der Waals surface area contributed by atoms with Crippen LogP contribution in [0.15, 0.2) is 78.9 Å². The summed E-state index contributed by atoms with van der Waals surface area (Å²) < 4.78 is 5.25. The van der Waals surface area contributed by atoms with Gasteiger partial charge in [0.1, 0.15) is 11.6 Å². The maximum absolute atomic E-state index is 12.6. The molecule has 0 unspecified atom stereocenters. The molecule has 2 amide bonds. The number of nitrogens with one attached hydrogen (secondary N) is 3. The number of para-hydroxylation sites is 2. The molecule has 3 aromatic carbocycles. The number of H-pyrrole nitrogens is 1. The number of hydrogen-bond donors (Lipinski definition) is 3. The maximum atomic E-state index is 12.6. The van der Waals surface area contributed by atoms with Crippen LogP contribution in [0.4, 0.5) is 4.79 Å². The van der Waals surface area contributed by atoms with Crippen molar-refractivity contribution in [2.45, 2.75) is 18.9 Å². The smallest absolute Gasteiger partial charge is 0.315 e. The molecule has 1 atom stereocenters. The Kier molecular flexibility index (Phi) is 6.47. The van der Waals surface area contributed by atoms with Crippen molar-refractivity contribution in [3.8, 4) is 5.75 Å². The van der Waals surface area contributed by atoms with Gasteiger partial charge in [0.05, 0.1) is 24.2 Å². The third kappa shape index (κ3) is 5.42. The largest absolute Gasteiger partial charge is 0.497 e. The minimum absolute atomic E-state index is 0.213. The van der Waals surface area contributed by atoms with Crippen LogP contribution in [0, 0.1) is 0 Å². The maximum Gasteiger partial charge on any atom is 0.315 e. The minimum Gasteiger partial charge on any atom is -0.497 e. The molecule has 0 aliphatic rings. The van der Waals surface area contributed by atoms with Crippen molar-refractivity contribution >= 4 is 17.1 Å². The highest BCUT2D eigenvalue weighted by Crippen LogP contribution is 2.21. The Morgan fingerprint density at radius 2 is 1.71 bits per heavy atom. The summed E-state index contributed by atoms with van der Waals surface area (Å²) in [5, 5.41) is 6.04. The van der Waals surface area contributed by atoms with Crippen LogP contribution < -0.4 is 15.4 Å². The van der Waals surface area contributed by atoms with Gasteiger partial charge in [-0.15, -0.1) is 0 Å². The second-order valence-corrected chi connectivity index (χ2v) is 7.38. The zero-order valence-corrected chi connectivity index (χ0v) is 17.5. The van der Waals surface area contributed by atoms with Crippen LogP contribution in [0.1, 0.15) is 23.0 Å². The molecule has 31 heavy (non-hydrogen) atoms. The Morgan fingerprint density at radius 1 is 0.968 bits per heavy atom. The van der Waals surface area contributed by atoms with E-state index in [1.807, 2.05) is 66.7 Å². The highest BCUT2D eigenvalue weighted by Gasteiger charge is 2.19. The molecule has 0 saturated carbocycles. The SMILES string of the molecule is COc1ccc(C[C@@H](NC(=O)NCCc2ccccc2)c2nc3ccccc3[nH]2)cc1. The lowest BCUT2D eigenvalue weighted by Gasteiger charge is -2.18. The summed E-state index contributed by atoms with van der Waals surface area (Å²) in [7, 11) is 1.65. The van der Waals surface area contributed by atoms with Crippen molar-refractivity contribution in [3.63, 3.8) is 0 Å². The first-order valence-electron chi connectivity index (χ1n) is 10.4. The molecule has 4 aromatic rings. The van der Waals surface area contributed by atoms with Crippen LogP contribution in [-0.4, -0.2) is 29.7 Å². The van der Waals surface area contributed by atoms with Crippen LogP contribution in [-0.2, 0) is 12.8 Å². The Morgan fingerprint density at radius 3 is 2.45 bits per heavy atom. The number of nitrogens with zero attached hydrogens (tertiary/aromatic N) is 1. The molecule has 0 radical (unpaired) electrons. The number of aromatic amines is 1. The number of carbonyl (C=O) groups excluding carboxylic acids is 1. The van der Waals surface area contributed by atoms with Gasteiger partial charge in [-0.1, -0.05) is 54.6 Å². The first-order chi connectivity index (χ1) is 15.2. The summed E-state index contributed by atoms with van der Waals surface area (Å²) in [5.74, 6) is 1.53. The van der Waals surface area contributed by atoms with Crippen molar-refractivity contribution < 1.29 is 9.53 Å². The van der Waals surface area contributed by atoms with Gasteiger partial charge >= 0.3 is 6.03 Å². The topological polar surface area (TPSA) is 79.0 Å². The van der Waals surface area contributed by atoms with Gasteiger partial charge in [0.2, 0.25) is 0 Å². The minimum atomic E-state index is -0.294. The van der Waals surface area contributed by atoms with Crippen LogP contribution in [0.5, 0.6) is 5.75 Å². The molecule has 0 bridgehead atoms. The van der Waals surface area contributed by atoms with E-state index in [4.69, 9.17) is 9.72 Å². The number of ether oxygens (including phenoxy) is 1. The Balaban J connectivity index is 1.46. The molecule has 0 aliphatic carbocycles. The number of aromatic nitrogens is 2. The molecular formula is C25H26N4O2. The lowest BCUT2D eigenvalue weighted by Crippen LogP contribution is -2.40. The third-order valence-corrected chi connectivity index (χ3v) is 5.18. The molecular weight excluding hydrogens is 388 g/mol. The van der Waals surface area contributed by atoms with Crippen LogP contribution >= 0.6 is 0 Å². The van der Waals surface area contributed by atoms with E-state index in [2.05, 4.69) is 27.8 Å². The summed E-state index contributed by atoms with van der Waals surface area (Å²) in [4.78, 5) is 20.7. The van der Waals surface area contributed by atoms with E-state index in [9.17, 15) is 4.79 Å². The van der Waals surface area contributed by atoms with E-state index in [0.29, 0.717) is 13.0 Å². The van der Waals surface area contributed by atoms with Gasteiger partial charge in [-0.25, -0.2) is 9.78 Å². The molecule has 0 fully saturated rings. The molecule has 1 aromatic heterocycles. The van der Waals surface area contributed by atoms with Gasteiger partial charge in [0, 0.05) is 6.54 Å². The Hall–Kier alpha value is -3.80. The Labute approximate surface area is 181 Å². The normalized spacial score (nSPS) is 11.8. The fourth-order valence-electron chi connectivity index (χ4n) is 3.53. The van der Waals surface area contributed by atoms with Crippen molar-refractivity contribution in [3.05, 3.63) is 95.8 Å². The van der Waals surface area contributed by atoms with Gasteiger partial charge in [-0.2, -0.15) is 0 Å². The van der Waals surface area contributed by atoms with Crippen molar-refractivity contribution in [1.29, 1.82) is 0 Å². The monoisotopic (exact) mass is 414 g/mol. The highest BCUT2D eigenvalue weighted by molar-refractivity contribution is 5.76. The molecule has 6 nitrogen and oxygen atoms in total. The first kappa shape index (κ1) is 20.5. The van der Waals surface area contributed by atoms with E-state index >= 15 is 0 Å².